The molecular formula is C14H14N4O2S. The fourth-order valence-electron chi connectivity index (χ4n) is 2.19. The number of fused-ring (bicyclic) bond motifs is 1. The lowest BCUT2D eigenvalue weighted by atomic mass is 10.2. The quantitative estimate of drug-likeness (QED) is 0.782. The van der Waals surface area contributed by atoms with Gasteiger partial charge in [0.15, 0.2) is 16.5 Å². The van der Waals surface area contributed by atoms with E-state index in [4.69, 9.17) is 0 Å². The van der Waals surface area contributed by atoms with E-state index in [2.05, 4.69) is 9.97 Å². The highest BCUT2D eigenvalue weighted by molar-refractivity contribution is 7.15. The van der Waals surface area contributed by atoms with Gasteiger partial charge in [0.25, 0.3) is 0 Å². The second-order valence-corrected chi connectivity index (χ2v) is 5.54. The zero-order valence-electron chi connectivity index (χ0n) is 11.4. The molecule has 3 heterocycles. The number of aromatic carboxylic acids is 1. The van der Waals surface area contributed by atoms with Crippen molar-refractivity contribution in [2.24, 2.45) is 0 Å². The molecule has 7 heteroatoms. The Bertz CT molecular complexity index is 766. The van der Waals surface area contributed by atoms with E-state index in [-0.39, 0.29) is 5.69 Å². The summed E-state index contributed by atoms with van der Waals surface area (Å²) in [5, 5.41) is 11.2. The van der Waals surface area contributed by atoms with E-state index >= 15 is 0 Å². The first kappa shape index (κ1) is 13.6. The van der Waals surface area contributed by atoms with Crippen LogP contribution in [0.2, 0.25) is 0 Å². The van der Waals surface area contributed by atoms with Crippen LogP contribution in [0, 0.1) is 0 Å². The third kappa shape index (κ3) is 2.59. The molecule has 0 saturated heterocycles. The Hall–Kier alpha value is -2.41. The van der Waals surface area contributed by atoms with Crippen LogP contribution in [0.3, 0.4) is 0 Å². The van der Waals surface area contributed by atoms with Gasteiger partial charge in [-0.25, -0.2) is 9.78 Å². The van der Waals surface area contributed by atoms with Gasteiger partial charge in [0.05, 0.1) is 0 Å². The second kappa shape index (κ2) is 5.53. The molecule has 0 spiro atoms. The average Bonchev–Trinajstić information content (AvgIpc) is 3.05. The van der Waals surface area contributed by atoms with E-state index in [9.17, 15) is 9.90 Å². The topological polar surface area (TPSA) is 70.7 Å². The van der Waals surface area contributed by atoms with Crippen molar-refractivity contribution in [1.29, 1.82) is 0 Å². The van der Waals surface area contributed by atoms with Crippen molar-refractivity contribution < 1.29 is 9.90 Å². The Balaban J connectivity index is 1.84. The minimum Gasteiger partial charge on any atom is -0.476 e. The fraction of sp³-hybridized carbons (Fsp3) is 0.214. The number of hydrogen-bond acceptors (Lipinski definition) is 5. The molecule has 0 saturated carbocycles. The van der Waals surface area contributed by atoms with Crippen molar-refractivity contribution in [1.82, 2.24) is 14.4 Å². The number of aromatic nitrogens is 3. The van der Waals surface area contributed by atoms with E-state index in [1.54, 1.807) is 23.0 Å². The average molecular weight is 302 g/mol. The van der Waals surface area contributed by atoms with E-state index in [0.29, 0.717) is 17.3 Å². The molecule has 0 aliphatic carbocycles. The van der Waals surface area contributed by atoms with Gasteiger partial charge in [-0.1, -0.05) is 0 Å². The van der Waals surface area contributed by atoms with Gasteiger partial charge < -0.3 is 10.0 Å². The molecule has 21 heavy (non-hydrogen) atoms. The highest BCUT2D eigenvalue weighted by Crippen LogP contribution is 2.24. The maximum Gasteiger partial charge on any atom is 0.356 e. The number of likely N-dealkylation sites (N-methyl/N-ethyl adjacent to an activating group) is 1. The summed E-state index contributed by atoms with van der Waals surface area (Å²) in [6, 6.07) is 3.91. The van der Waals surface area contributed by atoms with Gasteiger partial charge >= 0.3 is 5.97 Å². The zero-order chi connectivity index (χ0) is 14.8. The maximum absolute atomic E-state index is 11.5. The molecule has 0 aromatic carbocycles. The number of carboxylic acid groups (broad SMARTS) is 1. The molecule has 0 unspecified atom stereocenters. The first-order valence-electron chi connectivity index (χ1n) is 6.45. The number of nitrogens with zero attached hydrogens (tertiary/aromatic N) is 4. The van der Waals surface area contributed by atoms with E-state index in [0.717, 1.165) is 12.0 Å². The minimum absolute atomic E-state index is 0.212. The van der Waals surface area contributed by atoms with Crippen LogP contribution in [0.4, 0.5) is 5.82 Å². The van der Waals surface area contributed by atoms with Crippen LogP contribution in [-0.2, 0) is 6.42 Å². The Labute approximate surface area is 125 Å². The molecule has 0 fully saturated rings. The number of carboxylic acids is 1. The van der Waals surface area contributed by atoms with Gasteiger partial charge in [0.2, 0.25) is 0 Å². The number of rotatable bonds is 5. The molecule has 0 aliphatic heterocycles. The molecule has 3 aromatic rings. The largest absolute Gasteiger partial charge is 0.476 e. The summed E-state index contributed by atoms with van der Waals surface area (Å²) in [5.74, 6) is -0.463. The van der Waals surface area contributed by atoms with E-state index in [1.165, 1.54) is 11.3 Å². The summed E-state index contributed by atoms with van der Waals surface area (Å²) in [4.78, 5) is 22.5. The fourth-order valence-corrected chi connectivity index (χ4v) is 2.90. The molecule has 0 amide bonds. The first-order valence-corrected chi connectivity index (χ1v) is 7.33. The number of carbonyl (C=O) groups is 1. The number of thiazole rings is 1. The molecule has 0 radical (unpaired) electrons. The van der Waals surface area contributed by atoms with E-state index < -0.39 is 5.97 Å². The van der Waals surface area contributed by atoms with Crippen molar-refractivity contribution in [2.75, 3.05) is 18.5 Å². The summed E-state index contributed by atoms with van der Waals surface area (Å²) < 4.78 is 1.62. The van der Waals surface area contributed by atoms with Crippen LogP contribution in [0.1, 0.15) is 16.1 Å². The number of hydrogen-bond donors (Lipinski definition) is 1. The van der Waals surface area contributed by atoms with Crippen molar-refractivity contribution in [3.8, 4) is 0 Å². The molecule has 1 N–H and O–H groups in total. The Morgan fingerprint density at radius 3 is 2.90 bits per heavy atom. The van der Waals surface area contributed by atoms with E-state index in [1.807, 2.05) is 29.5 Å². The summed E-state index contributed by atoms with van der Waals surface area (Å²) in [7, 11) is 1.86. The Morgan fingerprint density at radius 1 is 1.43 bits per heavy atom. The maximum atomic E-state index is 11.5. The van der Waals surface area contributed by atoms with Crippen LogP contribution in [0.15, 0.2) is 36.1 Å². The smallest absolute Gasteiger partial charge is 0.356 e. The first-order chi connectivity index (χ1) is 10.2. The van der Waals surface area contributed by atoms with Crippen LogP contribution >= 0.6 is 11.3 Å². The van der Waals surface area contributed by atoms with Crippen molar-refractivity contribution in [3.05, 3.63) is 47.4 Å². The van der Waals surface area contributed by atoms with Crippen molar-refractivity contribution in [2.45, 2.75) is 6.42 Å². The highest BCUT2D eigenvalue weighted by Gasteiger charge is 2.21. The summed E-state index contributed by atoms with van der Waals surface area (Å²) >= 11 is 1.43. The minimum atomic E-state index is -0.966. The van der Waals surface area contributed by atoms with Crippen LogP contribution in [0.5, 0.6) is 0 Å². The standard InChI is InChI=1S/C14H14N4O2S/c1-17(7-4-10-2-5-15-6-3-10)12-11(13(19)20)18-8-9-21-14(18)16-12/h2-3,5-6,8-9H,4,7H2,1H3,(H,19,20). The predicted octanol–water partition coefficient (Wildman–Crippen LogP) is 2.17. The number of pyridine rings is 1. The predicted molar refractivity (Wildman–Crippen MR) is 81.2 cm³/mol. The van der Waals surface area contributed by atoms with Gasteiger partial charge in [0, 0.05) is 37.6 Å². The summed E-state index contributed by atoms with van der Waals surface area (Å²) in [5.41, 5.74) is 1.37. The van der Waals surface area contributed by atoms with Gasteiger partial charge in [-0.2, -0.15) is 0 Å². The molecule has 108 valence electrons. The normalized spacial score (nSPS) is 10.9. The third-order valence-electron chi connectivity index (χ3n) is 3.29. The Kier molecular flexibility index (Phi) is 3.57. The monoisotopic (exact) mass is 302 g/mol. The van der Waals surface area contributed by atoms with Gasteiger partial charge in [0.1, 0.15) is 0 Å². The SMILES string of the molecule is CN(CCc1ccncc1)c1nc2sccn2c1C(=O)O. The molecule has 3 rings (SSSR count). The Morgan fingerprint density at radius 2 is 2.19 bits per heavy atom. The molecule has 0 atom stereocenters. The summed E-state index contributed by atoms with van der Waals surface area (Å²) in [6.45, 7) is 0.690. The number of imidazole rings is 1. The van der Waals surface area contributed by atoms with Crippen LogP contribution < -0.4 is 4.90 Å². The molecular weight excluding hydrogens is 288 g/mol. The summed E-state index contributed by atoms with van der Waals surface area (Å²) in [6.07, 6.45) is 6.05. The third-order valence-corrected chi connectivity index (χ3v) is 4.05. The van der Waals surface area contributed by atoms with Crippen molar-refractivity contribution >= 4 is 28.1 Å². The zero-order valence-corrected chi connectivity index (χ0v) is 12.2. The molecule has 0 bridgehead atoms. The van der Waals surface area contributed by atoms with Crippen LogP contribution in [0.25, 0.3) is 4.96 Å². The van der Waals surface area contributed by atoms with Crippen molar-refractivity contribution in [3.63, 3.8) is 0 Å². The second-order valence-electron chi connectivity index (χ2n) is 4.67. The lowest BCUT2D eigenvalue weighted by molar-refractivity contribution is 0.0690. The number of anilines is 1. The van der Waals surface area contributed by atoms with Crippen LogP contribution in [-0.4, -0.2) is 39.0 Å². The highest BCUT2D eigenvalue weighted by atomic mass is 32.1. The molecule has 3 aromatic heterocycles. The lowest BCUT2D eigenvalue weighted by Crippen LogP contribution is -2.23. The van der Waals surface area contributed by atoms with Gasteiger partial charge in [-0.05, 0) is 24.1 Å². The van der Waals surface area contributed by atoms with Gasteiger partial charge in [-0.15, -0.1) is 11.3 Å². The molecule has 6 nitrogen and oxygen atoms in total. The lowest BCUT2D eigenvalue weighted by Gasteiger charge is -2.17. The molecule has 0 aliphatic rings. The van der Waals surface area contributed by atoms with Gasteiger partial charge in [-0.3, -0.25) is 9.38 Å².